The van der Waals surface area contributed by atoms with Gasteiger partial charge in [0.1, 0.15) is 0 Å². The van der Waals surface area contributed by atoms with Crippen LogP contribution in [-0.2, 0) is 20.9 Å². The quantitative estimate of drug-likeness (QED) is 0.590. The molecule has 5 heteroatoms. The lowest BCUT2D eigenvalue weighted by Gasteiger charge is -2.03. The highest BCUT2D eigenvalue weighted by molar-refractivity contribution is 7.99. The molecule has 0 atom stereocenters. The zero-order chi connectivity index (χ0) is 11.3. The summed E-state index contributed by atoms with van der Waals surface area (Å²) in [6.07, 6.45) is 1.05. The molecular weight excluding hydrogens is 232 g/mol. The fourth-order valence-electron chi connectivity index (χ4n) is 1.02. The van der Waals surface area contributed by atoms with Gasteiger partial charge in [0.2, 0.25) is 0 Å². The van der Waals surface area contributed by atoms with E-state index in [-0.39, 0.29) is 6.61 Å². The van der Waals surface area contributed by atoms with Crippen LogP contribution in [0.25, 0.3) is 0 Å². The average Bonchev–Trinajstić information content (AvgIpc) is 2.16. The molecule has 0 aliphatic rings. The lowest BCUT2D eigenvalue weighted by Crippen LogP contribution is -2.02. The third kappa shape index (κ3) is 5.20. The van der Waals surface area contributed by atoms with Crippen LogP contribution in [0, 0.1) is 0 Å². The van der Waals surface area contributed by atoms with Crippen LogP contribution in [0.5, 0.6) is 0 Å². The first-order valence-corrected chi connectivity index (χ1v) is 7.37. The summed E-state index contributed by atoms with van der Waals surface area (Å²) in [6, 6.07) is 7.69. The molecule has 0 spiro atoms. The van der Waals surface area contributed by atoms with Crippen LogP contribution >= 0.6 is 11.8 Å². The van der Waals surface area contributed by atoms with Gasteiger partial charge in [0, 0.05) is 4.90 Å². The Morgan fingerprint density at radius 3 is 2.33 bits per heavy atom. The third-order valence-electron chi connectivity index (χ3n) is 1.67. The number of hydrogen-bond donors (Lipinski definition) is 0. The van der Waals surface area contributed by atoms with Crippen molar-refractivity contribution >= 4 is 21.9 Å². The summed E-state index contributed by atoms with van der Waals surface area (Å²) >= 11 is 1.75. The molecule has 0 amide bonds. The molecule has 0 saturated heterocycles. The number of benzene rings is 1. The first-order chi connectivity index (χ1) is 7.01. The summed E-state index contributed by atoms with van der Waals surface area (Å²) in [4.78, 5) is 1.18. The Kier molecular flexibility index (Phi) is 4.63. The maximum Gasteiger partial charge on any atom is 0.264 e. The van der Waals surface area contributed by atoms with E-state index < -0.39 is 10.1 Å². The van der Waals surface area contributed by atoms with E-state index in [1.165, 1.54) is 4.90 Å². The van der Waals surface area contributed by atoms with Crippen molar-refractivity contribution < 1.29 is 12.6 Å². The van der Waals surface area contributed by atoms with Crippen molar-refractivity contribution in [2.45, 2.75) is 18.4 Å². The van der Waals surface area contributed by atoms with Gasteiger partial charge in [0.25, 0.3) is 10.1 Å². The number of thioether (sulfide) groups is 1. The molecule has 84 valence electrons. The van der Waals surface area contributed by atoms with Crippen LogP contribution in [0.2, 0.25) is 0 Å². The van der Waals surface area contributed by atoms with Crippen molar-refractivity contribution in [3.8, 4) is 0 Å². The standard InChI is InChI=1S/C10H14O3S2/c1-3-14-10-6-4-9(5-7-10)8-13-15(2,11)12/h4-7H,3,8H2,1-2H3. The first-order valence-electron chi connectivity index (χ1n) is 4.57. The van der Waals surface area contributed by atoms with E-state index in [1.54, 1.807) is 11.8 Å². The monoisotopic (exact) mass is 246 g/mol. The lowest BCUT2D eigenvalue weighted by atomic mass is 10.2. The topological polar surface area (TPSA) is 43.4 Å². The Balaban J connectivity index is 2.57. The molecule has 0 unspecified atom stereocenters. The van der Waals surface area contributed by atoms with Crippen LogP contribution in [0.15, 0.2) is 29.2 Å². The van der Waals surface area contributed by atoms with E-state index in [1.807, 2.05) is 24.3 Å². The predicted molar refractivity (Wildman–Crippen MR) is 62.5 cm³/mol. The highest BCUT2D eigenvalue weighted by atomic mass is 32.2. The van der Waals surface area contributed by atoms with Crippen LogP contribution in [0.1, 0.15) is 12.5 Å². The summed E-state index contributed by atoms with van der Waals surface area (Å²) in [6.45, 7) is 2.20. The summed E-state index contributed by atoms with van der Waals surface area (Å²) in [7, 11) is -3.35. The minimum Gasteiger partial charge on any atom is -0.265 e. The highest BCUT2D eigenvalue weighted by Crippen LogP contribution is 2.18. The third-order valence-corrected chi connectivity index (χ3v) is 3.11. The van der Waals surface area contributed by atoms with E-state index in [9.17, 15) is 8.42 Å². The van der Waals surface area contributed by atoms with Crippen LogP contribution in [-0.4, -0.2) is 20.4 Å². The zero-order valence-electron chi connectivity index (χ0n) is 8.76. The summed E-state index contributed by atoms with van der Waals surface area (Å²) in [5.41, 5.74) is 0.862. The van der Waals surface area contributed by atoms with Crippen molar-refractivity contribution in [3.05, 3.63) is 29.8 Å². The van der Waals surface area contributed by atoms with Crippen LogP contribution < -0.4 is 0 Å². The maximum atomic E-state index is 10.7. The van der Waals surface area contributed by atoms with E-state index in [0.717, 1.165) is 17.6 Å². The molecule has 0 bridgehead atoms. The average molecular weight is 246 g/mol. The molecule has 0 N–H and O–H groups in total. The van der Waals surface area contributed by atoms with Crippen molar-refractivity contribution in [3.63, 3.8) is 0 Å². The van der Waals surface area contributed by atoms with Gasteiger partial charge in [-0.3, -0.25) is 4.18 Å². The molecule has 1 aromatic carbocycles. The van der Waals surface area contributed by atoms with Gasteiger partial charge in [-0.25, -0.2) is 0 Å². The molecule has 3 nitrogen and oxygen atoms in total. The molecule has 0 aliphatic heterocycles. The van der Waals surface area contributed by atoms with E-state index >= 15 is 0 Å². The Hall–Kier alpha value is -0.520. The molecule has 1 rings (SSSR count). The summed E-state index contributed by atoms with van der Waals surface area (Å²) in [5.74, 6) is 1.03. The molecular formula is C10H14O3S2. The maximum absolute atomic E-state index is 10.7. The molecule has 1 aromatic rings. The fraction of sp³-hybridized carbons (Fsp3) is 0.400. The van der Waals surface area contributed by atoms with Crippen molar-refractivity contribution in [2.75, 3.05) is 12.0 Å². The minimum absolute atomic E-state index is 0.107. The second-order valence-electron chi connectivity index (χ2n) is 3.04. The Bertz CT molecular complexity index is 395. The van der Waals surface area contributed by atoms with E-state index in [0.29, 0.717) is 0 Å². The molecule has 0 fully saturated rings. The van der Waals surface area contributed by atoms with Gasteiger partial charge in [-0.2, -0.15) is 8.42 Å². The summed E-state index contributed by atoms with van der Waals surface area (Å²) in [5, 5.41) is 0. The van der Waals surface area contributed by atoms with Gasteiger partial charge >= 0.3 is 0 Å². The molecule has 0 radical (unpaired) electrons. The van der Waals surface area contributed by atoms with Gasteiger partial charge in [-0.15, -0.1) is 11.8 Å². The van der Waals surface area contributed by atoms with Gasteiger partial charge in [0.05, 0.1) is 12.9 Å². The van der Waals surface area contributed by atoms with Gasteiger partial charge in [-0.05, 0) is 23.4 Å². The van der Waals surface area contributed by atoms with E-state index in [4.69, 9.17) is 0 Å². The normalized spacial score (nSPS) is 11.6. The van der Waals surface area contributed by atoms with Gasteiger partial charge < -0.3 is 0 Å². The number of hydrogen-bond acceptors (Lipinski definition) is 4. The zero-order valence-corrected chi connectivity index (χ0v) is 10.4. The highest BCUT2D eigenvalue weighted by Gasteiger charge is 2.02. The molecule has 0 aliphatic carbocycles. The smallest absolute Gasteiger partial charge is 0.264 e. The van der Waals surface area contributed by atoms with Crippen molar-refractivity contribution in [1.82, 2.24) is 0 Å². The first kappa shape index (κ1) is 12.5. The summed E-state index contributed by atoms with van der Waals surface area (Å²) < 4.78 is 26.2. The molecule has 0 aromatic heterocycles. The molecule has 0 heterocycles. The second kappa shape index (κ2) is 5.53. The lowest BCUT2D eigenvalue weighted by molar-refractivity contribution is 0.311. The Labute approximate surface area is 95.0 Å². The molecule has 0 saturated carbocycles. The van der Waals surface area contributed by atoms with Gasteiger partial charge in [0.15, 0.2) is 0 Å². The van der Waals surface area contributed by atoms with Crippen LogP contribution in [0.4, 0.5) is 0 Å². The minimum atomic E-state index is -3.35. The number of rotatable bonds is 5. The second-order valence-corrected chi connectivity index (χ2v) is 6.02. The SMILES string of the molecule is CCSc1ccc(COS(C)(=O)=O)cc1. The van der Waals surface area contributed by atoms with Crippen LogP contribution in [0.3, 0.4) is 0 Å². The van der Waals surface area contributed by atoms with Gasteiger partial charge in [-0.1, -0.05) is 19.1 Å². The fourth-order valence-corrected chi connectivity index (χ4v) is 2.04. The van der Waals surface area contributed by atoms with Crippen molar-refractivity contribution in [2.24, 2.45) is 0 Å². The molecule has 15 heavy (non-hydrogen) atoms. The Morgan fingerprint density at radius 1 is 1.27 bits per heavy atom. The van der Waals surface area contributed by atoms with Crippen molar-refractivity contribution in [1.29, 1.82) is 0 Å². The predicted octanol–water partition coefficient (Wildman–Crippen LogP) is 2.27. The Morgan fingerprint density at radius 2 is 1.87 bits per heavy atom. The largest absolute Gasteiger partial charge is 0.265 e. The van der Waals surface area contributed by atoms with E-state index in [2.05, 4.69) is 11.1 Å².